The smallest absolute Gasteiger partial charge is 0.0702 e. The molecule has 0 aliphatic rings. The van der Waals surface area contributed by atoms with Gasteiger partial charge in [-0.3, -0.25) is 4.98 Å². The van der Waals surface area contributed by atoms with Gasteiger partial charge in [-0.05, 0) is 42.9 Å². The van der Waals surface area contributed by atoms with Gasteiger partial charge in [0.05, 0.1) is 5.69 Å². The topological polar surface area (TPSA) is 12.9 Å². The molecule has 0 bridgehead atoms. The van der Waals surface area contributed by atoms with Crippen LogP contribution in [0.1, 0.15) is 30.4 Å². The SMILES string of the molecule is c1ccc(CCCCCc2ccc(-c3ccccc3)nc2)cc1. The molecule has 0 N–H and O–H groups in total. The fourth-order valence-electron chi connectivity index (χ4n) is 2.83. The summed E-state index contributed by atoms with van der Waals surface area (Å²) in [7, 11) is 0. The van der Waals surface area contributed by atoms with Crippen LogP contribution in [0.5, 0.6) is 0 Å². The maximum atomic E-state index is 4.60. The van der Waals surface area contributed by atoms with Crippen molar-refractivity contribution in [2.75, 3.05) is 0 Å². The van der Waals surface area contributed by atoms with Crippen molar-refractivity contribution in [3.63, 3.8) is 0 Å². The highest BCUT2D eigenvalue weighted by Crippen LogP contribution is 2.17. The van der Waals surface area contributed by atoms with Crippen molar-refractivity contribution in [2.24, 2.45) is 0 Å². The van der Waals surface area contributed by atoms with Gasteiger partial charge in [0.1, 0.15) is 0 Å². The molecule has 1 heteroatoms. The van der Waals surface area contributed by atoms with Crippen molar-refractivity contribution in [2.45, 2.75) is 32.1 Å². The molecular formula is C22H23N. The first-order valence-electron chi connectivity index (χ1n) is 8.46. The highest BCUT2D eigenvalue weighted by atomic mass is 14.7. The van der Waals surface area contributed by atoms with Gasteiger partial charge in [-0.15, -0.1) is 0 Å². The Hall–Kier alpha value is -2.41. The van der Waals surface area contributed by atoms with E-state index in [1.807, 2.05) is 12.3 Å². The molecule has 0 unspecified atom stereocenters. The summed E-state index contributed by atoms with van der Waals surface area (Å²) >= 11 is 0. The standard InChI is InChI=1S/C22H23N/c1-4-10-19(11-5-1)12-6-2-7-13-20-16-17-22(23-18-20)21-14-8-3-9-15-21/h1,3-5,8-11,14-18H,2,6-7,12-13H2. The molecule has 0 saturated carbocycles. The third-order valence-corrected chi connectivity index (χ3v) is 4.17. The zero-order chi connectivity index (χ0) is 15.7. The minimum Gasteiger partial charge on any atom is -0.256 e. The summed E-state index contributed by atoms with van der Waals surface area (Å²) in [5.41, 5.74) is 5.02. The van der Waals surface area contributed by atoms with Crippen molar-refractivity contribution in [1.82, 2.24) is 4.98 Å². The number of rotatable bonds is 7. The Bertz CT molecular complexity index is 687. The number of benzene rings is 2. The molecule has 3 aromatic rings. The summed E-state index contributed by atoms with van der Waals surface area (Å²) in [5, 5.41) is 0. The Balaban J connectivity index is 1.42. The van der Waals surface area contributed by atoms with Crippen molar-refractivity contribution in [3.05, 3.63) is 90.1 Å². The molecule has 0 aliphatic carbocycles. The summed E-state index contributed by atoms with van der Waals surface area (Å²) in [6.45, 7) is 0. The Morgan fingerprint density at radius 3 is 1.87 bits per heavy atom. The Morgan fingerprint density at radius 2 is 1.22 bits per heavy atom. The zero-order valence-corrected chi connectivity index (χ0v) is 13.5. The van der Waals surface area contributed by atoms with E-state index in [2.05, 4.69) is 71.7 Å². The molecule has 0 fully saturated rings. The molecule has 0 radical (unpaired) electrons. The second-order valence-corrected chi connectivity index (χ2v) is 5.96. The second kappa shape index (κ2) is 8.28. The van der Waals surface area contributed by atoms with E-state index in [0.717, 1.165) is 12.1 Å². The number of pyridine rings is 1. The van der Waals surface area contributed by atoms with Crippen molar-refractivity contribution in [3.8, 4) is 11.3 Å². The molecule has 1 heterocycles. The van der Waals surface area contributed by atoms with Gasteiger partial charge >= 0.3 is 0 Å². The first-order chi connectivity index (χ1) is 11.4. The number of nitrogens with zero attached hydrogens (tertiary/aromatic N) is 1. The average Bonchev–Trinajstić information content (AvgIpc) is 2.64. The van der Waals surface area contributed by atoms with E-state index in [9.17, 15) is 0 Å². The predicted octanol–water partition coefficient (Wildman–Crippen LogP) is 5.70. The highest BCUT2D eigenvalue weighted by Gasteiger charge is 1.99. The van der Waals surface area contributed by atoms with E-state index in [-0.39, 0.29) is 0 Å². The minimum absolute atomic E-state index is 1.05. The van der Waals surface area contributed by atoms with Gasteiger partial charge in [0.15, 0.2) is 0 Å². The summed E-state index contributed by atoms with van der Waals surface area (Å²) in [6.07, 6.45) is 8.11. The normalized spacial score (nSPS) is 10.6. The fraction of sp³-hybridized carbons (Fsp3) is 0.227. The summed E-state index contributed by atoms with van der Waals surface area (Å²) < 4.78 is 0. The van der Waals surface area contributed by atoms with Crippen LogP contribution in [0.25, 0.3) is 11.3 Å². The maximum Gasteiger partial charge on any atom is 0.0702 e. The van der Waals surface area contributed by atoms with Crippen LogP contribution in [-0.4, -0.2) is 4.98 Å². The molecule has 0 spiro atoms. The van der Waals surface area contributed by atoms with Crippen LogP contribution >= 0.6 is 0 Å². The van der Waals surface area contributed by atoms with Crippen LogP contribution < -0.4 is 0 Å². The second-order valence-electron chi connectivity index (χ2n) is 5.96. The molecule has 0 aliphatic heterocycles. The molecule has 2 aromatic carbocycles. The first kappa shape index (κ1) is 15.5. The lowest BCUT2D eigenvalue weighted by Gasteiger charge is -2.04. The number of aromatic nitrogens is 1. The number of unbranched alkanes of at least 4 members (excludes halogenated alkanes) is 2. The molecule has 0 amide bonds. The third-order valence-electron chi connectivity index (χ3n) is 4.17. The van der Waals surface area contributed by atoms with Crippen molar-refractivity contribution in [1.29, 1.82) is 0 Å². The Labute approximate surface area is 139 Å². The van der Waals surface area contributed by atoms with Crippen LogP contribution in [0, 0.1) is 0 Å². The van der Waals surface area contributed by atoms with E-state index < -0.39 is 0 Å². The largest absolute Gasteiger partial charge is 0.256 e. The minimum atomic E-state index is 1.05. The van der Waals surface area contributed by atoms with Gasteiger partial charge in [-0.25, -0.2) is 0 Å². The maximum absolute atomic E-state index is 4.60. The van der Waals surface area contributed by atoms with Crippen LogP contribution in [-0.2, 0) is 12.8 Å². The van der Waals surface area contributed by atoms with Gasteiger partial charge in [-0.1, -0.05) is 73.2 Å². The number of hydrogen-bond acceptors (Lipinski definition) is 1. The Morgan fingerprint density at radius 1 is 0.565 bits per heavy atom. The molecule has 116 valence electrons. The highest BCUT2D eigenvalue weighted by molar-refractivity contribution is 5.58. The van der Waals surface area contributed by atoms with E-state index in [4.69, 9.17) is 0 Å². The molecular weight excluding hydrogens is 278 g/mol. The molecule has 0 atom stereocenters. The van der Waals surface area contributed by atoms with Gasteiger partial charge in [-0.2, -0.15) is 0 Å². The van der Waals surface area contributed by atoms with Gasteiger partial charge in [0, 0.05) is 11.8 Å². The van der Waals surface area contributed by atoms with E-state index in [0.29, 0.717) is 0 Å². The number of hydrogen-bond donors (Lipinski definition) is 0. The predicted molar refractivity (Wildman–Crippen MR) is 97.4 cm³/mol. The van der Waals surface area contributed by atoms with Gasteiger partial charge in [0.2, 0.25) is 0 Å². The molecule has 1 nitrogen and oxygen atoms in total. The Kier molecular flexibility index (Phi) is 5.58. The molecule has 0 saturated heterocycles. The van der Waals surface area contributed by atoms with Crippen LogP contribution in [0.2, 0.25) is 0 Å². The summed E-state index contributed by atoms with van der Waals surface area (Å²) in [5.74, 6) is 0. The molecule has 23 heavy (non-hydrogen) atoms. The monoisotopic (exact) mass is 301 g/mol. The lowest BCUT2D eigenvalue weighted by atomic mass is 10.0. The average molecular weight is 301 g/mol. The van der Waals surface area contributed by atoms with Crippen LogP contribution in [0.4, 0.5) is 0 Å². The van der Waals surface area contributed by atoms with E-state index in [1.165, 1.54) is 42.4 Å². The molecule has 3 rings (SSSR count). The first-order valence-corrected chi connectivity index (χ1v) is 8.46. The fourth-order valence-corrected chi connectivity index (χ4v) is 2.83. The number of aryl methyl sites for hydroxylation is 2. The third kappa shape index (κ3) is 4.79. The quantitative estimate of drug-likeness (QED) is 0.510. The van der Waals surface area contributed by atoms with Crippen molar-refractivity contribution >= 4 is 0 Å². The summed E-state index contributed by atoms with van der Waals surface area (Å²) in [6, 6.07) is 25.4. The van der Waals surface area contributed by atoms with Crippen LogP contribution in [0.3, 0.4) is 0 Å². The summed E-state index contributed by atoms with van der Waals surface area (Å²) in [4.78, 5) is 4.60. The van der Waals surface area contributed by atoms with Gasteiger partial charge in [0.25, 0.3) is 0 Å². The van der Waals surface area contributed by atoms with E-state index >= 15 is 0 Å². The lowest BCUT2D eigenvalue weighted by molar-refractivity contribution is 0.677. The van der Waals surface area contributed by atoms with Gasteiger partial charge < -0.3 is 0 Å². The molecule has 1 aromatic heterocycles. The lowest BCUT2D eigenvalue weighted by Crippen LogP contribution is -1.91. The van der Waals surface area contributed by atoms with Crippen LogP contribution in [0.15, 0.2) is 79.0 Å². The zero-order valence-electron chi connectivity index (χ0n) is 13.5. The van der Waals surface area contributed by atoms with Crippen molar-refractivity contribution < 1.29 is 0 Å². The van der Waals surface area contributed by atoms with E-state index in [1.54, 1.807) is 0 Å².